The van der Waals surface area contributed by atoms with Gasteiger partial charge in [0.15, 0.2) is 0 Å². The van der Waals surface area contributed by atoms with E-state index in [-0.39, 0.29) is 0 Å². The first kappa shape index (κ1) is 16.3. The van der Waals surface area contributed by atoms with Crippen LogP contribution in [-0.4, -0.2) is 24.4 Å². The minimum atomic E-state index is 0.619. The number of methoxy groups -OCH3 is 1. The minimum Gasteiger partial charge on any atom is -0.497 e. The van der Waals surface area contributed by atoms with Gasteiger partial charge in [-0.1, -0.05) is 46.3 Å². The topological polar surface area (TPSA) is 12.5 Å². The molecule has 112 valence electrons. The number of nitrogens with zero attached hydrogens (tertiary/aromatic N) is 1. The monoisotopic (exact) mass is 367 g/mol. The highest BCUT2D eigenvalue weighted by atomic mass is 79.9. The van der Waals surface area contributed by atoms with Crippen molar-refractivity contribution in [1.82, 2.24) is 4.90 Å². The predicted molar refractivity (Wildman–Crippen MR) is 92.0 cm³/mol. The van der Waals surface area contributed by atoms with E-state index in [4.69, 9.17) is 16.3 Å². The van der Waals surface area contributed by atoms with Gasteiger partial charge in [0.25, 0.3) is 0 Å². The van der Waals surface area contributed by atoms with Gasteiger partial charge in [0.05, 0.1) is 7.11 Å². The fraction of sp³-hybridized carbons (Fsp3) is 0.294. The average Bonchev–Trinajstić information content (AvgIpc) is 2.51. The zero-order chi connectivity index (χ0) is 15.1. The van der Waals surface area contributed by atoms with E-state index in [0.717, 1.165) is 29.9 Å². The number of hydrogen-bond donors (Lipinski definition) is 0. The van der Waals surface area contributed by atoms with Crippen molar-refractivity contribution in [2.24, 2.45) is 0 Å². The summed E-state index contributed by atoms with van der Waals surface area (Å²) in [7, 11) is 1.69. The summed E-state index contributed by atoms with van der Waals surface area (Å²) < 4.78 is 6.40. The Morgan fingerprint density at radius 2 is 1.86 bits per heavy atom. The highest BCUT2D eigenvalue weighted by molar-refractivity contribution is 9.10. The lowest BCUT2D eigenvalue weighted by Gasteiger charge is -2.22. The second kappa shape index (κ2) is 8.42. The summed E-state index contributed by atoms with van der Waals surface area (Å²) in [5, 5.41) is 0. The Labute approximate surface area is 139 Å². The molecule has 0 heterocycles. The maximum atomic E-state index is 5.95. The molecule has 0 atom stereocenters. The maximum absolute atomic E-state index is 5.95. The van der Waals surface area contributed by atoms with Gasteiger partial charge in [-0.15, -0.1) is 11.6 Å². The lowest BCUT2D eigenvalue weighted by atomic mass is 10.1. The molecule has 0 unspecified atom stereocenters. The van der Waals surface area contributed by atoms with Crippen LogP contribution in [0.3, 0.4) is 0 Å². The summed E-state index contributed by atoms with van der Waals surface area (Å²) in [5.41, 5.74) is 2.50. The molecule has 0 N–H and O–H groups in total. The third-order valence-electron chi connectivity index (χ3n) is 3.30. The van der Waals surface area contributed by atoms with Crippen LogP contribution in [0.1, 0.15) is 11.1 Å². The van der Waals surface area contributed by atoms with Crippen LogP contribution in [0.2, 0.25) is 0 Å². The number of halogens is 2. The van der Waals surface area contributed by atoms with Crippen molar-refractivity contribution in [2.75, 3.05) is 19.5 Å². The molecule has 2 rings (SSSR count). The molecule has 21 heavy (non-hydrogen) atoms. The standard InChI is InChI=1S/C17H19BrClNO/c1-21-16-7-8-17(18)15(11-16)13-20(10-9-19)12-14-5-3-2-4-6-14/h2-8,11H,9-10,12-13H2,1H3. The van der Waals surface area contributed by atoms with E-state index in [1.54, 1.807) is 7.11 Å². The van der Waals surface area contributed by atoms with E-state index in [1.165, 1.54) is 11.1 Å². The third-order valence-corrected chi connectivity index (χ3v) is 4.24. The molecule has 0 saturated carbocycles. The van der Waals surface area contributed by atoms with Gasteiger partial charge < -0.3 is 4.74 Å². The lowest BCUT2D eigenvalue weighted by molar-refractivity contribution is 0.272. The fourth-order valence-corrected chi connectivity index (χ4v) is 2.83. The van der Waals surface area contributed by atoms with E-state index in [0.29, 0.717) is 5.88 Å². The Morgan fingerprint density at radius 1 is 1.10 bits per heavy atom. The first-order valence-electron chi connectivity index (χ1n) is 6.87. The molecule has 0 aromatic heterocycles. The Morgan fingerprint density at radius 3 is 2.52 bits per heavy atom. The second-order valence-corrected chi connectivity index (χ2v) is 6.07. The third kappa shape index (κ3) is 5.03. The van der Waals surface area contributed by atoms with Crippen molar-refractivity contribution < 1.29 is 4.74 Å². The van der Waals surface area contributed by atoms with Gasteiger partial charge in [-0.05, 0) is 29.3 Å². The Hall–Kier alpha value is -1.03. The summed E-state index contributed by atoms with van der Waals surface area (Å²) in [6.45, 7) is 2.57. The first-order valence-corrected chi connectivity index (χ1v) is 8.20. The van der Waals surface area contributed by atoms with Crippen LogP contribution in [0, 0.1) is 0 Å². The van der Waals surface area contributed by atoms with Crippen molar-refractivity contribution in [3.63, 3.8) is 0 Å². The van der Waals surface area contributed by atoms with E-state index >= 15 is 0 Å². The van der Waals surface area contributed by atoms with Gasteiger partial charge in [0.2, 0.25) is 0 Å². The highest BCUT2D eigenvalue weighted by Gasteiger charge is 2.10. The lowest BCUT2D eigenvalue weighted by Crippen LogP contribution is -2.25. The Bertz CT molecular complexity index is 562. The first-order chi connectivity index (χ1) is 10.2. The van der Waals surface area contributed by atoms with Crippen LogP contribution in [-0.2, 0) is 13.1 Å². The number of rotatable bonds is 7. The molecule has 0 fully saturated rings. The summed E-state index contributed by atoms with van der Waals surface area (Å²) in [6.07, 6.45) is 0. The summed E-state index contributed by atoms with van der Waals surface area (Å²) in [5.74, 6) is 1.49. The number of benzene rings is 2. The Kier molecular flexibility index (Phi) is 6.55. The number of ether oxygens (including phenoxy) is 1. The van der Waals surface area contributed by atoms with Gasteiger partial charge >= 0.3 is 0 Å². The van der Waals surface area contributed by atoms with Crippen molar-refractivity contribution in [1.29, 1.82) is 0 Å². The van der Waals surface area contributed by atoms with Crippen LogP contribution in [0.5, 0.6) is 5.75 Å². The van der Waals surface area contributed by atoms with Gasteiger partial charge in [-0.3, -0.25) is 4.90 Å². The van der Waals surface area contributed by atoms with Gasteiger partial charge in [-0.25, -0.2) is 0 Å². The molecule has 0 saturated heterocycles. The van der Waals surface area contributed by atoms with Crippen LogP contribution in [0.15, 0.2) is 53.0 Å². The van der Waals surface area contributed by atoms with Crippen LogP contribution in [0.25, 0.3) is 0 Å². The van der Waals surface area contributed by atoms with Gasteiger partial charge in [0, 0.05) is 30.0 Å². The molecule has 0 bridgehead atoms. The zero-order valence-corrected chi connectivity index (χ0v) is 14.4. The van der Waals surface area contributed by atoms with Crippen molar-refractivity contribution in [2.45, 2.75) is 13.1 Å². The summed E-state index contributed by atoms with van der Waals surface area (Å²) >= 11 is 9.56. The molecule has 2 aromatic carbocycles. The molecule has 0 aliphatic carbocycles. The van der Waals surface area contributed by atoms with E-state index < -0.39 is 0 Å². The van der Waals surface area contributed by atoms with E-state index in [9.17, 15) is 0 Å². The minimum absolute atomic E-state index is 0.619. The fourth-order valence-electron chi connectivity index (χ4n) is 2.22. The highest BCUT2D eigenvalue weighted by Crippen LogP contribution is 2.24. The normalized spacial score (nSPS) is 10.9. The summed E-state index contributed by atoms with van der Waals surface area (Å²) in [6, 6.07) is 16.5. The van der Waals surface area contributed by atoms with Crippen LogP contribution >= 0.6 is 27.5 Å². The van der Waals surface area contributed by atoms with Gasteiger partial charge in [-0.2, -0.15) is 0 Å². The SMILES string of the molecule is COc1ccc(Br)c(CN(CCCl)Cc2ccccc2)c1. The Balaban J connectivity index is 2.12. The van der Waals surface area contributed by atoms with Crippen molar-refractivity contribution >= 4 is 27.5 Å². The molecule has 0 radical (unpaired) electrons. The molecule has 2 aromatic rings. The average molecular weight is 369 g/mol. The molecule has 0 aliphatic rings. The van der Waals surface area contributed by atoms with Crippen LogP contribution < -0.4 is 4.74 Å². The molecule has 4 heteroatoms. The van der Waals surface area contributed by atoms with Crippen molar-refractivity contribution in [3.8, 4) is 5.75 Å². The van der Waals surface area contributed by atoms with E-state index in [1.807, 2.05) is 18.2 Å². The van der Waals surface area contributed by atoms with Crippen LogP contribution in [0.4, 0.5) is 0 Å². The molecular weight excluding hydrogens is 350 g/mol. The summed E-state index contributed by atoms with van der Waals surface area (Å²) in [4.78, 5) is 2.34. The molecule has 0 aliphatic heterocycles. The van der Waals surface area contributed by atoms with Gasteiger partial charge in [0.1, 0.15) is 5.75 Å². The maximum Gasteiger partial charge on any atom is 0.119 e. The molecule has 0 amide bonds. The molecular formula is C17H19BrClNO. The predicted octanol–water partition coefficient (Wildman–Crippen LogP) is 4.70. The number of hydrogen-bond acceptors (Lipinski definition) is 2. The zero-order valence-electron chi connectivity index (χ0n) is 12.1. The number of alkyl halides is 1. The molecule has 2 nitrogen and oxygen atoms in total. The van der Waals surface area contributed by atoms with E-state index in [2.05, 4.69) is 51.2 Å². The molecule has 0 spiro atoms. The second-order valence-electron chi connectivity index (χ2n) is 4.84. The largest absolute Gasteiger partial charge is 0.497 e. The quantitative estimate of drug-likeness (QED) is 0.657. The smallest absolute Gasteiger partial charge is 0.119 e. The van der Waals surface area contributed by atoms with Crippen molar-refractivity contribution in [3.05, 3.63) is 64.1 Å².